The number of likely N-dealkylation sites (N-methyl/N-ethyl adjacent to an activating group) is 1. The molecule has 212 valence electrons. The Bertz CT molecular complexity index is 1180. The number of aryl methyl sites for hydroxylation is 2. The fourth-order valence-corrected chi connectivity index (χ4v) is 5.34. The number of rotatable bonds is 9. The Hall–Kier alpha value is -3.13. The first-order valence-electron chi connectivity index (χ1n) is 13.6. The van der Waals surface area contributed by atoms with Crippen molar-refractivity contribution in [1.82, 2.24) is 9.62 Å². The van der Waals surface area contributed by atoms with Crippen LogP contribution in [0.5, 0.6) is 5.75 Å². The van der Waals surface area contributed by atoms with Crippen LogP contribution in [-0.2, 0) is 16.0 Å². The van der Waals surface area contributed by atoms with Gasteiger partial charge in [-0.2, -0.15) is 0 Å². The van der Waals surface area contributed by atoms with Crippen molar-refractivity contribution >= 4 is 29.6 Å². The monoisotopic (exact) mass is 553 g/mol. The molecule has 7 nitrogen and oxygen atoms in total. The Labute approximate surface area is 238 Å². The minimum absolute atomic E-state index is 0.206. The van der Waals surface area contributed by atoms with Gasteiger partial charge in [0.1, 0.15) is 17.4 Å². The van der Waals surface area contributed by atoms with Crippen LogP contribution in [0.3, 0.4) is 0 Å². The second-order valence-corrected chi connectivity index (χ2v) is 12.0. The predicted octanol–water partition coefficient (Wildman–Crippen LogP) is 6.49. The molecule has 0 aromatic heterocycles. The van der Waals surface area contributed by atoms with Gasteiger partial charge in [0.2, 0.25) is 0 Å². The summed E-state index contributed by atoms with van der Waals surface area (Å²) in [6.45, 7) is 16.8. The van der Waals surface area contributed by atoms with Crippen molar-refractivity contribution in [3.63, 3.8) is 0 Å². The largest absolute Gasteiger partial charge is 0.491 e. The van der Waals surface area contributed by atoms with Crippen molar-refractivity contribution < 1.29 is 19.1 Å². The molecule has 0 bridgehead atoms. The highest BCUT2D eigenvalue weighted by Gasteiger charge is 2.29. The molecule has 0 saturated carbocycles. The fourth-order valence-electron chi connectivity index (χ4n) is 4.65. The van der Waals surface area contributed by atoms with Crippen LogP contribution in [0.1, 0.15) is 63.6 Å². The van der Waals surface area contributed by atoms with E-state index in [-0.39, 0.29) is 18.4 Å². The number of hydrogen-bond acceptors (Lipinski definition) is 6. The molecule has 1 heterocycles. The number of ether oxygens (including phenoxy) is 2. The molecule has 2 aromatic carbocycles. The molecular formula is C31H43N3O4S. The molecule has 8 heteroatoms. The maximum atomic E-state index is 13.0. The lowest BCUT2D eigenvalue weighted by atomic mass is 9.91. The van der Waals surface area contributed by atoms with Gasteiger partial charge in [-0.3, -0.25) is 14.4 Å². The summed E-state index contributed by atoms with van der Waals surface area (Å²) in [5.74, 6) is 0.787. The minimum atomic E-state index is -0.732. The summed E-state index contributed by atoms with van der Waals surface area (Å²) in [6, 6.07) is 11.9. The Morgan fingerprint density at radius 2 is 2.03 bits per heavy atom. The molecule has 0 radical (unpaired) electrons. The van der Waals surface area contributed by atoms with Crippen LogP contribution in [0.2, 0.25) is 0 Å². The molecule has 2 amide bonds. The molecule has 3 rings (SSSR count). The lowest BCUT2D eigenvalue weighted by Crippen LogP contribution is -2.48. The van der Waals surface area contributed by atoms with Crippen molar-refractivity contribution in [1.29, 1.82) is 0 Å². The topological polar surface area (TPSA) is 71.1 Å². The molecule has 1 aliphatic heterocycles. The first-order chi connectivity index (χ1) is 18.4. The van der Waals surface area contributed by atoms with Crippen LogP contribution in [-0.4, -0.2) is 55.3 Å². The summed E-state index contributed by atoms with van der Waals surface area (Å²) >= 11 is 1.22. The Morgan fingerprint density at radius 3 is 2.69 bits per heavy atom. The summed E-state index contributed by atoms with van der Waals surface area (Å²) in [5.41, 5.74) is 4.36. The number of anilines is 1. The standard InChI is InChI=1S/C31H43N3O4S/c1-9-11-23-17-21(3)12-14-26(23)24-19-33(8)27-18-25(13-15-28(27)37-20-24)39-32-29(35)22(4)34(16-10-2)30(36)38-31(5,6)7/h10,12-15,17-18,22,24H,2,9,11,16,19-20H2,1,3-8H3,(H,32,35). The highest BCUT2D eigenvalue weighted by atomic mass is 32.2. The van der Waals surface area contributed by atoms with Crippen LogP contribution in [0.4, 0.5) is 10.5 Å². The van der Waals surface area contributed by atoms with E-state index >= 15 is 0 Å². The van der Waals surface area contributed by atoms with E-state index in [9.17, 15) is 9.59 Å². The number of amides is 2. The third-order valence-electron chi connectivity index (χ3n) is 6.60. The van der Waals surface area contributed by atoms with Crippen LogP contribution in [0, 0.1) is 6.92 Å². The lowest BCUT2D eigenvalue weighted by Gasteiger charge is -2.30. The molecular weight excluding hydrogens is 510 g/mol. The Balaban J connectivity index is 1.69. The maximum Gasteiger partial charge on any atom is 0.411 e. The maximum absolute atomic E-state index is 13.0. The molecule has 2 unspecified atom stereocenters. The SMILES string of the molecule is C=CCN(C(=O)OC(C)(C)C)C(C)C(=O)NSc1ccc2c(c1)N(C)CC(c1ccc(C)cc1CCC)CO2. The summed E-state index contributed by atoms with van der Waals surface area (Å²) in [6.07, 6.45) is 3.19. The summed E-state index contributed by atoms with van der Waals surface area (Å²) in [7, 11) is 2.08. The van der Waals surface area contributed by atoms with Crippen LogP contribution in [0.15, 0.2) is 53.9 Å². The van der Waals surface area contributed by atoms with Gasteiger partial charge in [-0.25, -0.2) is 4.79 Å². The van der Waals surface area contributed by atoms with Gasteiger partial charge in [-0.1, -0.05) is 43.2 Å². The number of nitrogens with zero attached hydrogens (tertiary/aromatic N) is 2. The zero-order valence-corrected chi connectivity index (χ0v) is 25.2. The van der Waals surface area contributed by atoms with E-state index in [1.165, 1.54) is 33.5 Å². The quantitative estimate of drug-likeness (QED) is 0.283. The highest BCUT2D eigenvalue weighted by molar-refractivity contribution is 7.98. The van der Waals surface area contributed by atoms with Gasteiger partial charge in [0.05, 0.1) is 12.3 Å². The Kier molecular flexibility index (Phi) is 10.4. The smallest absolute Gasteiger partial charge is 0.411 e. The Morgan fingerprint density at radius 1 is 1.28 bits per heavy atom. The van der Waals surface area contributed by atoms with Crippen molar-refractivity contribution in [2.75, 3.05) is 31.6 Å². The van der Waals surface area contributed by atoms with Crippen molar-refractivity contribution in [2.45, 2.75) is 76.8 Å². The first kappa shape index (κ1) is 30.4. The third-order valence-corrected chi connectivity index (χ3v) is 7.40. The van der Waals surface area contributed by atoms with E-state index in [0.717, 1.165) is 35.7 Å². The lowest BCUT2D eigenvalue weighted by molar-refractivity contribution is -0.123. The number of hydrogen-bond donors (Lipinski definition) is 1. The second-order valence-electron chi connectivity index (χ2n) is 11.1. The number of carbonyl (C=O) groups excluding carboxylic acids is 2. The number of carbonyl (C=O) groups is 2. The average Bonchev–Trinajstić information content (AvgIpc) is 3.03. The van der Waals surface area contributed by atoms with Crippen LogP contribution >= 0.6 is 11.9 Å². The molecule has 0 spiro atoms. The number of benzene rings is 2. The highest BCUT2D eigenvalue weighted by Crippen LogP contribution is 2.37. The van der Waals surface area contributed by atoms with Crippen molar-refractivity contribution in [3.8, 4) is 5.75 Å². The minimum Gasteiger partial charge on any atom is -0.491 e. The zero-order valence-electron chi connectivity index (χ0n) is 24.4. The molecule has 2 aromatic rings. The second kappa shape index (κ2) is 13.3. The third kappa shape index (κ3) is 8.18. The summed E-state index contributed by atoms with van der Waals surface area (Å²) in [4.78, 5) is 30.1. The molecule has 1 N–H and O–H groups in total. The van der Waals surface area contributed by atoms with Gasteiger partial charge in [0, 0.05) is 31.0 Å². The normalized spacial score (nSPS) is 15.9. The number of fused-ring (bicyclic) bond motifs is 1. The van der Waals surface area contributed by atoms with Crippen LogP contribution in [0.25, 0.3) is 0 Å². The zero-order chi connectivity index (χ0) is 28.7. The van der Waals surface area contributed by atoms with E-state index in [1.807, 2.05) is 18.2 Å². The van der Waals surface area contributed by atoms with E-state index in [1.54, 1.807) is 33.8 Å². The van der Waals surface area contributed by atoms with Crippen molar-refractivity contribution in [3.05, 3.63) is 65.7 Å². The van der Waals surface area contributed by atoms with Gasteiger partial charge < -0.3 is 14.4 Å². The summed E-state index contributed by atoms with van der Waals surface area (Å²) in [5, 5.41) is 0. The molecule has 2 atom stereocenters. The fraction of sp³-hybridized carbons (Fsp3) is 0.484. The van der Waals surface area contributed by atoms with E-state index < -0.39 is 17.7 Å². The van der Waals surface area contributed by atoms with Gasteiger partial charge in [0.25, 0.3) is 5.91 Å². The van der Waals surface area contributed by atoms with Gasteiger partial charge in [-0.05, 0) is 82.3 Å². The summed E-state index contributed by atoms with van der Waals surface area (Å²) < 4.78 is 14.6. The first-order valence-corrected chi connectivity index (χ1v) is 14.4. The van der Waals surface area contributed by atoms with Gasteiger partial charge >= 0.3 is 6.09 Å². The number of nitrogens with one attached hydrogen (secondary N) is 1. The predicted molar refractivity (Wildman–Crippen MR) is 160 cm³/mol. The molecule has 39 heavy (non-hydrogen) atoms. The van der Waals surface area contributed by atoms with E-state index in [0.29, 0.717) is 6.61 Å². The molecule has 1 aliphatic rings. The molecule has 0 fully saturated rings. The van der Waals surface area contributed by atoms with Gasteiger partial charge in [-0.15, -0.1) is 6.58 Å². The van der Waals surface area contributed by atoms with Crippen LogP contribution < -0.4 is 14.4 Å². The van der Waals surface area contributed by atoms with E-state index in [2.05, 4.69) is 55.3 Å². The molecule has 0 aliphatic carbocycles. The molecule has 0 saturated heterocycles. The van der Waals surface area contributed by atoms with E-state index in [4.69, 9.17) is 9.47 Å². The van der Waals surface area contributed by atoms with Gasteiger partial charge in [0.15, 0.2) is 0 Å². The van der Waals surface area contributed by atoms with Crippen molar-refractivity contribution in [2.24, 2.45) is 0 Å². The average molecular weight is 554 g/mol.